The number of thioether (sulfide) groups is 1. The summed E-state index contributed by atoms with van der Waals surface area (Å²) >= 11 is 1.93. The molecule has 4 heteroatoms. The lowest BCUT2D eigenvalue weighted by molar-refractivity contribution is 0.184. The average molecular weight is 270 g/mol. The molecule has 0 saturated carbocycles. The summed E-state index contributed by atoms with van der Waals surface area (Å²) in [5, 5.41) is 5.31. The van der Waals surface area contributed by atoms with Gasteiger partial charge in [-0.1, -0.05) is 32.5 Å². The number of hydrogen-bond donors (Lipinski definition) is 1. The number of nitrogens with zero attached hydrogens (tertiary/aromatic N) is 1. The van der Waals surface area contributed by atoms with E-state index in [4.69, 9.17) is 4.74 Å². The third-order valence-electron chi connectivity index (χ3n) is 3.41. The lowest BCUT2D eigenvalue weighted by Crippen LogP contribution is -2.23. The summed E-state index contributed by atoms with van der Waals surface area (Å²) in [4.78, 5) is 4.60. The second-order valence-corrected chi connectivity index (χ2v) is 7.88. The Bertz CT molecular complexity index is 293. The molecule has 2 unspecified atom stereocenters. The lowest BCUT2D eigenvalue weighted by atomic mass is 9.90. The van der Waals surface area contributed by atoms with Crippen LogP contribution in [0, 0.1) is 11.3 Å². The van der Waals surface area contributed by atoms with Crippen molar-refractivity contribution in [3.05, 3.63) is 0 Å². The molecule has 18 heavy (non-hydrogen) atoms. The second-order valence-electron chi connectivity index (χ2n) is 6.60. The van der Waals surface area contributed by atoms with Gasteiger partial charge in [0.05, 0.1) is 6.54 Å². The van der Waals surface area contributed by atoms with Crippen LogP contribution in [0.3, 0.4) is 0 Å². The second kappa shape index (κ2) is 6.29. The normalized spacial score (nSPS) is 28.5. The first-order chi connectivity index (χ1) is 8.53. The topological polar surface area (TPSA) is 33.6 Å². The molecule has 0 aliphatic carbocycles. The predicted molar refractivity (Wildman–Crippen MR) is 79.3 cm³/mol. The van der Waals surface area contributed by atoms with E-state index in [1.807, 2.05) is 11.8 Å². The van der Waals surface area contributed by atoms with E-state index >= 15 is 0 Å². The van der Waals surface area contributed by atoms with E-state index in [1.165, 1.54) is 19.3 Å². The minimum atomic E-state index is 0.407. The van der Waals surface area contributed by atoms with E-state index in [2.05, 4.69) is 31.1 Å². The minimum Gasteiger partial charge on any atom is -0.381 e. The highest BCUT2D eigenvalue weighted by Gasteiger charge is 2.25. The predicted octanol–water partition coefficient (Wildman–Crippen LogP) is 2.91. The van der Waals surface area contributed by atoms with Crippen molar-refractivity contribution in [1.29, 1.82) is 0 Å². The van der Waals surface area contributed by atoms with Crippen molar-refractivity contribution < 1.29 is 4.74 Å². The first-order valence-electron chi connectivity index (χ1n) is 7.06. The van der Waals surface area contributed by atoms with Crippen LogP contribution >= 0.6 is 11.8 Å². The summed E-state index contributed by atoms with van der Waals surface area (Å²) in [6.45, 7) is 10.8. The first kappa shape index (κ1) is 14.2. The summed E-state index contributed by atoms with van der Waals surface area (Å²) in [6, 6.07) is 0. The Balaban J connectivity index is 1.60. The van der Waals surface area contributed by atoms with Crippen molar-refractivity contribution in [3.63, 3.8) is 0 Å². The smallest absolute Gasteiger partial charge is 0.156 e. The number of aliphatic imine (C=N–C) groups is 1. The van der Waals surface area contributed by atoms with Gasteiger partial charge < -0.3 is 10.1 Å². The van der Waals surface area contributed by atoms with E-state index in [-0.39, 0.29) is 0 Å². The Morgan fingerprint density at radius 3 is 2.94 bits per heavy atom. The molecular weight excluding hydrogens is 244 g/mol. The van der Waals surface area contributed by atoms with Crippen LogP contribution in [0.1, 0.15) is 40.0 Å². The van der Waals surface area contributed by atoms with Crippen LogP contribution in [-0.2, 0) is 4.74 Å². The first-order valence-corrected chi connectivity index (χ1v) is 7.94. The van der Waals surface area contributed by atoms with Gasteiger partial charge in [-0.3, -0.25) is 4.99 Å². The van der Waals surface area contributed by atoms with Gasteiger partial charge in [0.25, 0.3) is 0 Å². The van der Waals surface area contributed by atoms with Gasteiger partial charge in [0.1, 0.15) is 0 Å². The number of ether oxygens (including phenoxy) is 1. The minimum absolute atomic E-state index is 0.407. The molecule has 2 rings (SSSR count). The molecule has 0 aromatic rings. The maximum atomic E-state index is 5.39. The van der Waals surface area contributed by atoms with Crippen LogP contribution in [0.2, 0.25) is 0 Å². The number of amidine groups is 1. The Morgan fingerprint density at radius 2 is 2.28 bits per heavy atom. The van der Waals surface area contributed by atoms with Gasteiger partial charge in [0.2, 0.25) is 0 Å². The molecule has 0 bridgehead atoms. The Kier molecular flexibility index (Phi) is 4.96. The fourth-order valence-corrected chi connectivity index (χ4v) is 3.88. The van der Waals surface area contributed by atoms with Gasteiger partial charge in [0, 0.05) is 25.0 Å². The summed E-state index contributed by atoms with van der Waals surface area (Å²) in [5.41, 5.74) is 0.407. The Labute approximate surface area is 115 Å². The van der Waals surface area contributed by atoms with Crippen LogP contribution in [0.5, 0.6) is 0 Å². The summed E-state index contributed by atoms with van der Waals surface area (Å²) in [5.74, 6) is 0.759. The molecule has 1 N–H and O–H groups in total. The Morgan fingerprint density at radius 1 is 1.44 bits per heavy atom. The summed E-state index contributed by atoms with van der Waals surface area (Å²) in [6.07, 6.45) is 3.68. The molecular formula is C14H26N2OS. The maximum absolute atomic E-state index is 5.39. The van der Waals surface area contributed by atoms with Crippen LogP contribution in [0.4, 0.5) is 0 Å². The van der Waals surface area contributed by atoms with Crippen molar-refractivity contribution in [2.24, 2.45) is 16.3 Å². The number of rotatable bonds is 4. The molecule has 2 aliphatic heterocycles. The number of nitrogens with one attached hydrogen (secondary N) is 1. The zero-order chi connectivity index (χ0) is 13.0. The molecule has 2 heterocycles. The maximum Gasteiger partial charge on any atom is 0.156 e. The molecule has 1 fully saturated rings. The van der Waals surface area contributed by atoms with Gasteiger partial charge in [-0.2, -0.15) is 0 Å². The van der Waals surface area contributed by atoms with Crippen molar-refractivity contribution >= 4 is 16.9 Å². The number of hydrogen-bond acceptors (Lipinski definition) is 4. The molecule has 0 aromatic heterocycles. The van der Waals surface area contributed by atoms with Crippen LogP contribution in [0.25, 0.3) is 0 Å². The van der Waals surface area contributed by atoms with Crippen molar-refractivity contribution in [1.82, 2.24) is 5.32 Å². The molecule has 0 radical (unpaired) electrons. The third kappa shape index (κ3) is 4.81. The van der Waals surface area contributed by atoms with Gasteiger partial charge in [-0.05, 0) is 30.6 Å². The summed E-state index contributed by atoms with van der Waals surface area (Å²) < 4.78 is 5.39. The molecule has 0 spiro atoms. The van der Waals surface area contributed by atoms with Crippen LogP contribution in [0.15, 0.2) is 4.99 Å². The van der Waals surface area contributed by atoms with Crippen LogP contribution in [-0.4, -0.2) is 36.7 Å². The summed E-state index contributed by atoms with van der Waals surface area (Å²) in [7, 11) is 0. The average Bonchev–Trinajstić information content (AvgIpc) is 2.88. The molecule has 3 nitrogen and oxygen atoms in total. The molecule has 2 aliphatic rings. The van der Waals surface area contributed by atoms with Crippen LogP contribution < -0.4 is 5.32 Å². The SMILES string of the molecule is CC(C)(C)CC1CN=C(NCCC2CCOC2)S1. The molecule has 104 valence electrons. The van der Waals surface area contributed by atoms with Gasteiger partial charge in [-0.25, -0.2) is 0 Å². The van der Waals surface area contributed by atoms with E-state index < -0.39 is 0 Å². The standard InChI is InChI=1S/C14H26N2OS/c1-14(2,3)8-12-9-16-13(18-12)15-6-4-11-5-7-17-10-11/h11-12H,4-10H2,1-3H3,(H,15,16). The quantitative estimate of drug-likeness (QED) is 0.853. The van der Waals surface area contributed by atoms with Gasteiger partial charge >= 0.3 is 0 Å². The van der Waals surface area contributed by atoms with E-state index in [1.54, 1.807) is 0 Å². The Hall–Kier alpha value is -0.220. The molecule has 0 amide bonds. The zero-order valence-corrected chi connectivity index (χ0v) is 12.7. The fraction of sp³-hybridized carbons (Fsp3) is 0.929. The largest absolute Gasteiger partial charge is 0.381 e. The lowest BCUT2D eigenvalue weighted by Gasteiger charge is -2.21. The monoisotopic (exact) mass is 270 g/mol. The van der Waals surface area contributed by atoms with Crippen molar-refractivity contribution in [2.75, 3.05) is 26.3 Å². The van der Waals surface area contributed by atoms with Gasteiger partial charge in [-0.15, -0.1) is 0 Å². The van der Waals surface area contributed by atoms with E-state index in [0.29, 0.717) is 10.7 Å². The van der Waals surface area contributed by atoms with Crippen molar-refractivity contribution in [3.8, 4) is 0 Å². The zero-order valence-electron chi connectivity index (χ0n) is 11.9. The van der Waals surface area contributed by atoms with Gasteiger partial charge in [0.15, 0.2) is 5.17 Å². The van der Waals surface area contributed by atoms with E-state index in [9.17, 15) is 0 Å². The van der Waals surface area contributed by atoms with E-state index in [0.717, 1.165) is 37.4 Å². The highest BCUT2D eigenvalue weighted by atomic mass is 32.2. The van der Waals surface area contributed by atoms with Crippen molar-refractivity contribution in [2.45, 2.75) is 45.3 Å². The molecule has 1 saturated heterocycles. The fourth-order valence-electron chi connectivity index (χ4n) is 2.50. The highest BCUT2D eigenvalue weighted by molar-refractivity contribution is 8.14. The molecule has 0 aromatic carbocycles. The third-order valence-corrected chi connectivity index (χ3v) is 4.56. The highest BCUT2D eigenvalue weighted by Crippen LogP contribution is 2.31. The molecule has 2 atom stereocenters.